The lowest BCUT2D eigenvalue weighted by Gasteiger charge is -2.23. The average Bonchev–Trinajstić information content (AvgIpc) is 2.57. The number of hydrogen-bond donors (Lipinski definition) is 2. The van der Waals surface area contributed by atoms with Gasteiger partial charge in [-0.05, 0) is 24.8 Å². The number of carbonyl (C=O) groups excluding carboxylic acids is 1. The van der Waals surface area contributed by atoms with Crippen molar-refractivity contribution in [3.63, 3.8) is 0 Å². The Balaban J connectivity index is 2.25. The number of hydrogen-bond acceptors (Lipinski definition) is 3. The summed E-state index contributed by atoms with van der Waals surface area (Å²) in [5, 5.41) is 10.3. The van der Waals surface area contributed by atoms with Crippen molar-refractivity contribution in [3.8, 4) is 0 Å². The zero-order chi connectivity index (χ0) is 14.2. The van der Waals surface area contributed by atoms with Crippen LogP contribution in [0.3, 0.4) is 0 Å². The molecule has 1 aromatic rings. The predicted octanol–water partition coefficient (Wildman–Crippen LogP) is 3.21. The number of thiophene rings is 1. The fourth-order valence-corrected chi connectivity index (χ4v) is 2.94. The minimum absolute atomic E-state index is 0.194. The highest BCUT2D eigenvalue weighted by Crippen LogP contribution is 2.43. The number of nitrogens with one attached hydrogen (secondary N) is 1. The fourth-order valence-electron chi connectivity index (χ4n) is 1.73. The third-order valence-corrected chi connectivity index (χ3v) is 4.19. The topological polar surface area (TPSA) is 66.4 Å². The molecule has 2 N–H and O–H groups in total. The maximum absolute atomic E-state index is 12.2. The lowest BCUT2D eigenvalue weighted by atomic mass is 9.84. The fraction of sp³-hybridized carbons (Fsp3) is 0.455. The molecule has 1 amide bonds. The minimum Gasteiger partial charge on any atom is -0.478 e. The van der Waals surface area contributed by atoms with E-state index < -0.39 is 18.1 Å². The van der Waals surface area contributed by atoms with Crippen molar-refractivity contribution in [1.82, 2.24) is 0 Å². The molecule has 19 heavy (non-hydrogen) atoms. The van der Waals surface area contributed by atoms with Crippen LogP contribution in [0.5, 0.6) is 0 Å². The normalized spacial score (nSPS) is 15.9. The number of amides is 1. The Kier molecular flexibility index (Phi) is 3.53. The van der Waals surface area contributed by atoms with E-state index in [9.17, 15) is 22.8 Å². The second kappa shape index (κ2) is 4.84. The van der Waals surface area contributed by atoms with Crippen LogP contribution in [-0.2, 0) is 4.79 Å². The summed E-state index contributed by atoms with van der Waals surface area (Å²) in [4.78, 5) is 22.5. The molecule has 2 rings (SSSR count). The van der Waals surface area contributed by atoms with Crippen LogP contribution in [0.1, 0.15) is 40.4 Å². The van der Waals surface area contributed by atoms with Gasteiger partial charge in [-0.2, -0.15) is 13.2 Å². The van der Waals surface area contributed by atoms with Crippen LogP contribution in [0.2, 0.25) is 0 Å². The Bertz CT molecular complexity index is 520. The minimum atomic E-state index is -5.03. The van der Waals surface area contributed by atoms with Crippen LogP contribution in [0.15, 0.2) is 6.07 Å². The number of rotatable bonds is 3. The lowest BCUT2D eigenvalue weighted by molar-refractivity contribution is -0.167. The zero-order valence-corrected chi connectivity index (χ0v) is 10.4. The number of anilines is 1. The van der Waals surface area contributed by atoms with E-state index in [1.807, 2.05) is 0 Å². The monoisotopic (exact) mass is 293 g/mol. The molecule has 1 fully saturated rings. The van der Waals surface area contributed by atoms with Gasteiger partial charge in [0.25, 0.3) is 0 Å². The van der Waals surface area contributed by atoms with E-state index in [1.165, 1.54) is 6.07 Å². The third-order valence-electron chi connectivity index (χ3n) is 2.97. The van der Waals surface area contributed by atoms with Gasteiger partial charge in [0.05, 0.1) is 5.56 Å². The van der Waals surface area contributed by atoms with Crippen LogP contribution in [0.4, 0.5) is 18.2 Å². The molecule has 0 bridgehead atoms. The summed E-state index contributed by atoms with van der Waals surface area (Å²) in [6.07, 6.45) is -2.22. The first-order valence-corrected chi connectivity index (χ1v) is 6.36. The maximum atomic E-state index is 12.2. The Morgan fingerprint density at radius 3 is 2.42 bits per heavy atom. The highest BCUT2D eigenvalue weighted by molar-refractivity contribution is 7.16. The molecule has 0 aromatic carbocycles. The van der Waals surface area contributed by atoms with Crippen molar-refractivity contribution < 1.29 is 27.9 Å². The van der Waals surface area contributed by atoms with Crippen molar-refractivity contribution in [1.29, 1.82) is 0 Å². The summed E-state index contributed by atoms with van der Waals surface area (Å²) in [6, 6.07) is 1.35. The maximum Gasteiger partial charge on any atom is 0.471 e. The van der Waals surface area contributed by atoms with Crippen LogP contribution in [0, 0.1) is 0 Å². The Morgan fingerprint density at radius 2 is 2.00 bits per heavy atom. The molecule has 0 atom stereocenters. The van der Waals surface area contributed by atoms with Crippen molar-refractivity contribution in [2.75, 3.05) is 5.32 Å². The number of carbonyl (C=O) groups is 2. The molecular weight excluding hydrogens is 283 g/mol. The van der Waals surface area contributed by atoms with Crippen molar-refractivity contribution in [3.05, 3.63) is 16.5 Å². The van der Waals surface area contributed by atoms with Gasteiger partial charge in [0.2, 0.25) is 0 Å². The van der Waals surface area contributed by atoms with Crippen molar-refractivity contribution in [2.24, 2.45) is 0 Å². The van der Waals surface area contributed by atoms with E-state index in [2.05, 4.69) is 0 Å². The van der Waals surface area contributed by atoms with E-state index in [0.29, 0.717) is 4.88 Å². The number of alkyl halides is 3. The molecule has 8 heteroatoms. The second-order valence-electron chi connectivity index (χ2n) is 4.28. The standard InChI is InChI=1S/C11H10F3NO3S/c12-11(13,14)10(18)15-8-6(9(16)17)4-7(19-8)5-2-1-3-5/h4-5H,1-3H2,(H,15,18)(H,16,17). The first-order valence-electron chi connectivity index (χ1n) is 5.54. The molecule has 0 spiro atoms. The van der Waals surface area contributed by atoms with Gasteiger partial charge in [-0.15, -0.1) is 11.3 Å². The zero-order valence-electron chi connectivity index (χ0n) is 9.58. The molecule has 1 saturated carbocycles. The van der Waals surface area contributed by atoms with Crippen LogP contribution in [0.25, 0.3) is 0 Å². The first-order chi connectivity index (χ1) is 8.79. The van der Waals surface area contributed by atoms with Gasteiger partial charge in [-0.1, -0.05) is 6.42 Å². The van der Waals surface area contributed by atoms with E-state index in [0.717, 1.165) is 30.6 Å². The smallest absolute Gasteiger partial charge is 0.471 e. The van der Waals surface area contributed by atoms with E-state index >= 15 is 0 Å². The Hall–Kier alpha value is -1.57. The molecule has 0 unspecified atom stereocenters. The third kappa shape index (κ3) is 2.89. The van der Waals surface area contributed by atoms with Gasteiger partial charge in [0.1, 0.15) is 5.00 Å². The van der Waals surface area contributed by atoms with Crippen molar-refractivity contribution in [2.45, 2.75) is 31.4 Å². The van der Waals surface area contributed by atoms with Crippen LogP contribution >= 0.6 is 11.3 Å². The van der Waals surface area contributed by atoms with E-state index in [1.54, 1.807) is 5.32 Å². The van der Waals surface area contributed by atoms with Gasteiger partial charge < -0.3 is 10.4 Å². The van der Waals surface area contributed by atoms with Crippen LogP contribution < -0.4 is 5.32 Å². The quantitative estimate of drug-likeness (QED) is 0.899. The van der Waals surface area contributed by atoms with E-state index in [-0.39, 0.29) is 16.5 Å². The summed E-state index contributed by atoms with van der Waals surface area (Å²) in [6.45, 7) is 0. The summed E-state index contributed by atoms with van der Waals surface area (Å²) < 4.78 is 36.5. The molecule has 0 aliphatic heterocycles. The Morgan fingerprint density at radius 1 is 1.37 bits per heavy atom. The van der Waals surface area contributed by atoms with Gasteiger partial charge in [-0.25, -0.2) is 4.79 Å². The molecule has 1 aliphatic carbocycles. The molecule has 0 radical (unpaired) electrons. The molecule has 1 heterocycles. The van der Waals surface area contributed by atoms with E-state index in [4.69, 9.17) is 5.11 Å². The first kappa shape index (κ1) is 13.9. The van der Waals surface area contributed by atoms with Gasteiger partial charge >= 0.3 is 18.1 Å². The molecule has 1 aromatic heterocycles. The highest BCUT2D eigenvalue weighted by atomic mass is 32.1. The second-order valence-corrected chi connectivity index (χ2v) is 5.36. The number of carboxylic acids is 1. The molecule has 1 aliphatic rings. The highest BCUT2D eigenvalue weighted by Gasteiger charge is 2.39. The summed E-state index contributed by atoms with van der Waals surface area (Å²) in [5.74, 6) is -3.31. The van der Waals surface area contributed by atoms with Crippen molar-refractivity contribution >= 4 is 28.2 Å². The summed E-state index contributed by atoms with van der Waals surface area (Å²) in [7, 11) is 0. The Labute approximate surface area is 110 Å². The van der Waals surface area contributed by atoms with Gasteiger partial charge in [0.15, 0.2) is 0 Å². The van der Waals surface area contributed by atoms with Gasteiger partial charge in [-0.3, -0.25) is 4.79 Å². The molecule has 4 nitrogen and oxygen atoms in total. The average molecular weight is 293 g/mol. The lowest BCUT2D eigenvalue weighted by Crippen LogP contribution is -2.30. The molecular formula is C11H10F3NO3S. The number of halogens is 3. The summed E-state index contributed by atoms with van der Waals surface area (Å²) >= 11 is 0.903. The predicted molar refractivity (Wildman–Crippen MR) is 62.6 cm³/mol. The van der Waals surface area contributed by atoms with Crippen LogP contribution in [-0.4, -0.2) is 23.2 Å². The van der Waals surface area contributed by atoms with Gasteiger partial charge in [0, 0.05) is 4.88 Å². The largest absolute Gasteiger partial charge is 0.478 e. The summed E-state index contributed by atoms with van der Waals surface area (Å²) in [5.41, 5.74) is -0.288. The number of carboxylic acid groups (broad SMARTS) is 1. The molecule has 0 saturated heterocycles. The molecule has 104 valence electrons. The number of aromatic carboxylic acids is 1. The SMILES string of the molecule is O=C(O)c1cc(C2CCC2)sc1NC(=O)C(F)(F)F.